The van der Waals surface area contributed by atoms with E-state index in [1.807, 2.05) is 24.3 Å². The lowest BCUT2D eigenvalue weighted by Crippen LogP contribution is -2.17. The third-order valence-electron chi connectivity index (χ3n) is 3.62. The Morgan fingerprint density at radius 2 is 2.05 bits per heavy atom. The van der Waals surface area contributed by atoms with Gasteiger partial charge < -0.3 is 11.5 Å². The Bertz CT molecular complexity index is 939. The monoisotopic (exact) mass is 295 g/mol. The fraction of sp³-hybridized carbons (Fsp3) is 0.214. The Morgan fingerprint density at radius 1 is 1.27 bits per heavy atom. The van der Waals surface area contributed by atoms with E-state index in [9.17, 15) is 4.79 Å². The summed E-state index contributed by atoms with van der Waals surface area (Å²) in [5.74, 6) is 0.137. The maximum Gasteiger partial charge on any atom is 0.318 e. The Labute approximate surface area is 124 Å². The molecule has 1 aliphatic carbocycles. The largest absolute Gasteiger partial charge is 0.387 e. The number of fused-ring (bicyclic) bond motifs is 3. The summed E-state index contributed by atoms with van der Waals surface area (Å²) in [6.07, 6.45) is 1.95. The normalized spacial score (nSPS) is 15.5. The van der Waals surface area contributed by atoms with Crippen molar-refractivity contribution in [3.05, 3.63) is 30.1 Å². The second-order valence-electron chi connectivity index (χ2n) is 5.27. The number of para-hydroxylation sites is 1. The van der Waals surface area contributed by atoms with E-state index in [1.165, 1.54) is 4.52 Å². The Kier molecular flexibility index (Phi) is 2.59. The van der Waals surface area contributed by atoms with Crippen molar-refractivity contribution in [2.75, 3.05) is 5.73 Å². The molecule has 4 N–H and O–H groups in total. The van der Waals surface area contributed by atoms with Crippen LogP contribution in [0.3, 0.4) is 0 Å². The molecule has 1 aromatic carbocycles. The fourth-order valence-corrected chi connectivity index (χ4v) is 2.31. The smallest absolute Gasteiger partial charge is 0.318 e. The minimum absolute atomic E-state index is 0.0338. The maximum absolute atomic E-state index is 12.1. The SMILES string of the molecule is NC(=NC(=O)c1nc2c3ccccc3nc(N)n2n1)C1CC1. The molecule has 0 bridgehead atoms. The van der Waals surface area contributed by atoms with Crippen molar-refractivity contribution in [1.29, 1.82) is 0 Å². The highest BCUT2D eigenvalue weighted by Crippen LogP contribution is 2.29. The van der Waals surface area contributed by atoms with Gasteiger partial charge in [-0.3, -0.25) is 4.79 Å². The van der Waals surface area contributed by atoms with Gasteiger partial charge in [-0.05, 0) is 25.0 Å². The molecule has 1 fully saturated rings. The van der Waals surface area contributed by atoms with Crippen LogP contribution >= 0.6 is 0 Å². The number of carbonyl (C=O) groups is 1. The zero-order chi connectivity index (χ0) is 15.3. The molecule has 2 heterocycles. The zero-order valence-electron chi connectivity index (χ0n) is 11.6. The number of hydrogen-bond acceptors (Lipinski definition) is 5. The molecule has 4 rings (SSSR count). The number of hydrogen-bond donors (Lipinski definition) is 2. The molecular formula is C14H13N7O. The van der Waals surface area contributed by atoms with Gasteiger partial charge in [-0.2, -0.15) is 9.51 Å². The third-order valence-corrected chi connectivity index (χ3v) is 3.62. The van der Waals surface area contributed by atoms with Gasteiger partial charge in [0.15, 0.2) is 5.65 Å². The van der Waals surface area contributed by atoms with Gasteiger partial charge in [0.2, 0.25) is 11.8 Å². The van der Waals surface area contributed by atoms with E-state index in [1.54, 1.807) is 0 Å². The molecule has 3 aromatic rings. The molecule has 0 radical (unpaired) electrons. The van der Waals surface area contributed by atoms with Crippen LogP contribution in [0.5, 0.6) is 0 Å². The number of nitrogens with two attached hydrogens (primary N) is 2. The van der Waals surface area contributed by atoms with Crippen molar-refractivity contribution >= 4 is 34.2 Å². The van der Waals surface area contributed by atoms with Crippen molar-refractivity contribution in [3.8, 4) is 0 Å². The van der Waals surface area contributed by atoms with E-state index in [-0.39, 0.29) is 17.7 Å². The molecular weight excluding hydrogens is 282 g/mol. The van der Waals surface area contributed by atoms with Gasteiger partial charge in [0, 0.05) is 11.3 Å². The first-order valence-corrected chi connectivity index (χ1v) is 6.93. The lowest BCUT2D eigenvalue weighted by molar-refractivity contribution is 0.0993. The van der Waals surface area contributed by atoms with Crippen LogP contribution in [0.15, 0.2) is 29.3 Å². The highest BCUT2D eigenvalue weighted by Gasteiger charge is 2.27. The first-order valence-electron chi connectivity index (χ1n) is 6.93. The standard InChI is InChI=1S/C14H13N7O/c15-10(7-5-6-7)18-13(22)11-19-12-8-3-1-2-4-9(8)17-14(16)21(12)20-11/h1-4,7H,5-6H2,(H2,16,17)(H2,15,18,22). The molecule has 0 unspecified atom stereocenters. The summed E-state index contributed by atoms with van der Waals surface area (Å²) in [4.78, 5) is 24.5. The van der Waals surface area contributed by atoms with Crippen LogP contribution in [-0.4, -0.2) is 31.3 Å². The summed E-state index contributed by atoms with van der Waals surface area (Å²) in [5, 5.41) is 4.87. The highest BCUT2D eigenvalue weighted by atomic mass is 16.1. The van der Waals surface area contributed by atoms with E-state index >= 15 is 0 Å². The molecule has 110 valence electrons. The molecule has 0 saturated heterocycles. The number of aromatic nitrogens is 4. The van der Waals surface area contributed by atoms with Gasteiger partial charge in [-0.15, -0.1) is 5.10 Å². The maximum atomic E-state index is 12.1. The topological polar surface area (TPSA) is 125 Å². The van der Waals surface area contributed by atoms with E-state index in [0.29, 0.717) is 17.0 Å². The first kappa shape index (κ1) is 12.7. The van der Waals surface area contributed by atoms with Crippen LogP contribution in [-0.2, 0) is 0 Å². The molecule has 22 heavy (non-hydrogen) atoms. The average molecular weight is 295 g/mol. The summed E-state index contributed by atoms with van der Waals surface area (Å²) >= 11 is 0. The van der Waals surface area contributed by atoms with Crippen molar-refractivity contribution in [3.63, 3.8) is 0 Å². The first-order chi connectivity index (χ1) is 10.6. The molecule has 8 nitrogen and oxygen atoms in total. The number of nitrogen functional groups attached to an aromatic ring is 1. The van der Waals surface area contributed by atoms with Gasteiger partial charge in [-0.25, -0.2) is 9.97 Å². The molecule has 1 aliphatic rings. The number of nitrogens with zero attached hydrogens (tertiary/aromatic N) is 5. The van der Waals surface area contributed by atoms with E-state index in [2.05, 4.69) is 20.1 Å². The van der Waals surface area contributed by atoms with Gasteiger partial charge >= 0.3 is 5.91 Å². The fourth-order valence-electron chi connectivity index (χ4n) is 2.31. The molecule has 0 aliphatic heterocycles. The predicted octanol–water partition coefficient (Wildman–Crippen LogP) is 0.767. The predicted molar refractivity (Wildman–Crippen MR) is 81.4 cm³/mol. The minimum Gasteiger partial charge on any atom is -0.387 e. The van der Waals surface area contributed by atoms with Crippen molar-refractivity contribution in [2.45, 2.75) is 12.8 Å². The summed E-state index contributed by atoms with van der Waals surface area (Å²) in [5.41, 5.74) is 12.8. The summed E-state index contributed by atoms with van der Waals surface area (Å²) in [6, 6.07) is 7.39. The Hall–Kier alpha value is -3.03. The van der Waals surface area contributed by atoms with Gasteiger partial charge in [0.1, 0.15) is 5.84 Å². The Balaban J connectivity index is 1.86. The van der Waals surface area contributed by atoms with E-state index in [0.717, 1.165) is 18.2 Å². The summed E-state index contributed by atoms with van der Waals surface area (Å²) in [7, 11) is 0. The van der Waals surface area contributed by atoms with Crippen LogP contribution in [0.25, 0.3) is 16.6 Å². The van der Waals surface area contributed by atoms with Crippen molar-refractivity contribution < 1.29 is 4.79 Å². The Morgan fingerprint density at radius 3 is 2.82 bits per heavy atom. The van der Waals surface area contributed by atoms with Crippen LogP contribution in [0.2, 0.25) is 0 Å². The second kappa shape index (κ2) is 4.48. The van der Waals surface area contributed by atoms with Crippen LogP contribution in [0, 0.1) is 5.92 Å². The molecule has 8 heteroatoms. The number of amidine groups is 1. The lowest BCUT2D eigenvalue weighted by Gasteiger charge is -2.00. The number of benzene rings is 1. The van der Waals surface area contributed by atoms with Crippen LogP contribution in [0.4, 0.5) is 5.95 Å². The zero-order valence-corrected chi connectivity index (χ0v) is 11.6. The van der Waals surface area contributed by atoms with Crippen LogP contribution < -0.4 is 11.5 Å². The minimum atomic E-state index is -0.559. The molecule has 2 aromatic heterocycles. The quantitative estimate of drug-likeness (QED) is 0.531. The third kappa shape index (κ3) is 1.96. The lowest BCUT2D eigenvalue weighted by atomic mass is 10.2. The molecule has 0 atom stereocenters. The number of carbonyl (C=O) groups excluding carboxylic acids is 1. The van der Waals surface area contributed by atoms with Crippen LogP contribution in [0.1, 0.15) is 23.5 Å². The number of amides is 1. The molecule has 0 spiro atoms. The highest BCUT2D eigenvalue weighted by molar-refractivity contribution is 6.03. The van der Waals surface area contributed by atoms with Gasteiger partial charge in [0.05, 0.1) is 5.52 Å². The van der Waals surface area contributed by atoms with E-state index in [4.69, 9.17) is 11.5 Å². The summed E-state index contributed by atoms with van der Waals surface area (Å²) in [6.45, 7) is 0. The van der Waals surface area contributed by atoms with Gasteiger partial charge in [0.25, 0.3) is 0 Å². The summed E-state index contributed by atoms with van der Waals surface area (Å²) < 4.78 is 1.35. The van der Waals surface area contributed by atoms with Crippen molar-refractivity contribution in [1.82, 2.24) is 19.6 Å². The molecule has 1 saturated carbocycles. The average Bonchev–Trinajstić information content (AvgIpc) is 3.25. The second-order valence-corrected chi connectivity index (χ2v) is 5.27. The number of anilines is 1. The molecule has 1 amide bonds. The number of rotatable bonds is 2. The van der Waals surface area contributed by atoms with Gasteiger partial charge in [-0.1, -0.05) is 12.1 Å². The van der Waals surface area contributed by atoms with Crippen molar-refractivity contribution in [2.24, 2.45) is 16.6 Å². The number of aliphatic imine (C=N–C) groups is 1. The van der Waals surface area contributed by atoms with E-state index < -0.39 is 5.91 Å².